The highest BCUT2D eigenvalue weighted by Crippen LogP contribution is 2.12. The van der Waals surface area contributed by atoms with E-state index in [4.69, 9.17) is 18.9 Å². The van der Waals surface area contributed by atoms with Crippen molar-refractivity contribution in [1.82, 2.24) is 0 Å². The van der Waals surface area contributed by atoms with E-state index < -0.39 is 24.3 Å². The molecule has 89 heavy (non-hydrogen) atoms. The van der Waals surface area contributed by atoms with Gasteiger partial charge in [0.1, 0.15) is 13.2 Å². The van der Waals surface area contributed by atoms with Crippen LogP contribution >= 0.6 is 0 Å². The van der Waals surface area contributed by atoms with Crippen LogP contribution in [0.1, 0.15) is 206 Å². The van der Waals surface area contributed by atoms with Crippen molar-refractivity contribution in [1.29, 1.82) is 0 Å². The smallest absolute Gasteiger partial charge is 0.361 e. The largest absolute Gasteiger partial charge is 0.477 e. The Labute approximate surface area is 543 Å². The molecule has 0 aliphatic heterocycles. The zero-order chi connectivity index (χ0) is 64.7. The first-order valence-corrected chi connectivity index (χ1v) is 33.9. The Hall–Kier alpha value is -6.39. The summed E-state index contributed by atoms with van der Waals surface area (Å²) >= 11 is 0. The molecule has 9 nitrogen and oxygen atoms in total. The SMILES string of the molecule is CC/C=C\C/C=C\C/C=C\C/C=C\C/C=C\C/C=C\C/C=C\C/C=C\C/C=C\C/C=C\CCCCCCC(=O)OC(COC(=O)CCCCCC/C=C\C/C=C\C/C=C\C/C=C\C/C=C\C/C=C\C/C=C\C/C=C\CC)COC(OCC[N+](C)(C)C)C(=O)O. The van der Waals surface area contributed by atoms with E-state index in [0.717, 1.165) is 167 Å². The Kier molecular flexibility index (Phi) is 62.7. The van der Waals surface area contributed by atoms with Gasteiger partial charge in [0.05, 0.1) is 34.4 Å². The van der Waals surface area contributed by atoms with Gasteiger partial charge in [-0.05, 0) is 154 Å². The molecule has 0 heterocycles. The monoisotopic (exact) mass is 1220 g/mol. The van der Waals surface area contributed by atoms with Crippen LogP contribution in [-0.4, -0.2) is 87.4 Å². The van der Waals surface area contributed by atoms with Gasteiger partial charge >= 0.3 is 17.9 Å². The number of hydrogen-bond donors (Lipinski definition) is 1. The molecule has 0 aliphatic rings. The lowest BCUT2D eigenvalue weighted by atomic mass is 10.1. The van der Waals surface area contributed by atoms with Crippen LogP contribution in [0.15, 0.2) is 219 Å². The van der Waals surface area contributed by atoms with Crippen molar-refractivity contribution in [3.05, 3.63) is 219 Å². The van der Waals surface area contributed by atoms with Gasteiger partial charge in [-0.1, -0.05) is 258 Å². The molecule has 0 radical (unpaired) electrons. The molecule has 2 atom stereocenters. The molecule has 0 aromatic carbocycles. The Bertz CT molecular complexity index is 2260. The molecule has 0 saturated carbocycles. The van der Waals surface area contributed by atoms with Crippen molar-refractivity contribution in [2.24, 2.45) is 0 Å². The second-order valence-corrected chi connectivity index (χ2v) is 22.7. The molecular formula is C80H122NO8+. The van der Waals surface area contributed by atoms with E-state index in [2.05, 4.69) is 233 Å². The number of quaternary nitrogens is 1. The summed E-state index contributed by atoms with van der Waals surface area (Å²) in [5, 5.41) is 9.74. The summed E-state index contributed by atoms with van der Waals surface area (Å²) in [6.07, 6.45) is 105. The summed E-state index contributed by atoms with van der Waals surface area (Å²) < 4.78 is 22.9. The third-order valence-electron chi connectivity index (χ3n) is 13.2. The molecule has 1 N–H and O–H groups in total. The fourth-order valence-electron chi connectivity index (χ4n) is 8.11. The molecule has 0 bridgehead atoms. The summed E-state index contributed by atoms with van der Waals surface area (Å²) in [4.78, 5) is 37.6. The van der Waals surface area contributed by atoms with Crippen molar-refractivity contribution < 1.29 is 42.9 Å². The fraction of sp³-hybridized carbons (Fsp3) is 0.512. The third kappa shape index (κ3) is 69.0. The normalized spacial score (nSPS) is 14.1. The number of rotatable bonds is 59. The van der Waals surface area contributed by atoms with Crippen LogP contribution in [0.5, 0.6) is 0 Å². The standard InChI is InChI=1S/C80H121NO8/c1-6-8-10-12-14-16-18-20-22-24-26-28-30-32-34-36-37-38-39-40-41-43-45-47-49-51-53-55-57-59-61-63-65-67-69-71-78(83)89-76(75-88-80(79(84)85)86-73-72-81(3,4)5)74-87-77(82)70-68-66-64-62-60-58-56-54-52-50-48-46-44-42-35-33-31-29-27-25-23-21-19-17-15-13-11-9-7-2/h8-11,14-17,20-23,26-29,32-35,37-38,40-41,44-47,50-53,56-59,76,80H,6-7,12-13,18-19,24-25,30-31,36,39,42-43,48-49,54-55,60-75H2,1-5H3/p+1/b10-8-,11-9-,16-14-,17-15-,22-20-,23-21-,28-26-,29-27-,34-32-,35-33-,38-37-,41-40-,46-44-,47-45-,52-50-,53-51-,58-56-,59-57-. The van der Waals surface area contributed by atoms with Crippen LogP contribution in [0.2, 0.25) is 0 Å². The second kappa shape index (κ2) is 67.5. The lowest BCUT2D eigenvalue weighted by molar-refractivity contribution is -0.870. The number of carboxylic acid groups (broad SMARTS) is 1. The Morgan fingerprint density at radius 2 is 0.607 bits per heavy atom. The lowest BCUT2D eigenvalue weighted by Gasteiger charge is -2.25. The van der Waals surface area contributed by atoms with Crippen molar-refractivity contribution in [2.45, 2.75) is 219 Å². The van der Waals surface area contributed by atoms with Gasteiger partial charge in [0, 0.05) is 12.8 Å². The van der Waals surface area contributed by atoms with Crippen molar-refractivity contribution in [3.8, 4) is 0 Å². The number of esters is 2. The van der Waals surface area contributed by atoms with Crippen LogP contribution in [0.4, 0.5) is 0 Å². The van der Waals surface area contributed by atoms with Gasteiger partial charge < -0.3 is 28.5 Å². The number of allylic oxidation sites excluding steroid dienone is 36. The van der Waals surface area contributed by atoms with E-state index in [1.807, 2.05) is 21.1 Å². The van der Waals surface area contributed by atoms with Gasteiger partial charge in [-0.25, -0.2) is 4.79 Å². The second-order valence-electron chi connectivity index (χ2n) is 22.7. The van der Waals surface area contributed by atoms with E-state index in [-0.39, 0.29) is 38.6 Å². The molecule has 2 unspecified atom stereocenters. The Morgan fingerprint density at radius 3 is 0.888 bits per heavy atom. The maximum absolute atomic E-state index is 12.9. The highest BCUT2D eigenvalue weighted by Gasteiger charge is 2.25. The first-order valence-electron chi connectivity index (χ1n) is 33.9. The minimum Gasteiger partial charge on any atom is -0.477 e. The number of carboxylic acids is 1. The van der Waals surface area contributed by atoms with Crippen molar-refractivity contribution in [2.75, 3.05) is 47.5 Å². The van der Waals surface area contributed by atoms with E-state index in [1.165, 1.54) is 0 Å². The third-order valence-corrected chi connectivity index (χ3v) is 13.2. The van der Waals surface area contributed by atoms with Gasteiger partial charge in [0.2, 0.25) is 0 Å². The first kappa shape index (κ1) is 82.6. The van der Waals surface area contributed by atoms with E-state index in [0.29, 0.717) is 23.9 Å². The van der Waals surface area contributed by atoms with Gasteiger partial charge in [0.15, 0.2) is 6.10 Å². The van der Waals surface area contributed by atoms with Gasteiger partial charge in [0.25, 0.3) is 6.29 Å². The number of carbonyl (C=O) groups excluding carboxylic acids is 2. The van der Waals surface area contributed by atoms with Crippen molar-refractivity contribution >= 4 is 17.9 Å². The number of carbonyl (C=O) groups is 3. The predicted octanol–water partition coefficient (Wildman–Crippen LogP) is 21.3. The van der Waals surface area contributed by atoms with E-state index in [9.17, 15) is 19.5 Å². The summed E-state index contributed by atoms with van der Waals surface area (Å²) in [5.74, 6) is -2.11. The number of ether oxygens (including phenoxy) is 4. The predicted molar refractivity (Wildman–Crippen MR) is 381 cm³/mol. The van der Waals surface area contributed by atoms with E-state index >= 15 is 0 Å². The summed E-state index contributed by atoms with van der Waals surface area (Å²) in [6, 6.07) is 0. The number of unbranched alkanes of at least 4 members (excludes halogenated alkanes) is 8. The van der Waals surface area contributed by atoms with Crippen LogP contribution in [0, 0.1) is 0 Å². The molecule has 0 aromatic heterocycles. The number of likely N-dealkylation sites (N-methyl/N-ethyl adjacent to an activating group) is 1. The minimum atomic E-state index is -1.54. The Morgan fingerprint density at radius 1 is 0.337 bits per heavy atom. The van der Waals surface area contributed by atoms with Gasteiger partial charge in [-0.15, -0.1) is 0 Å². The number of nitrogens with zero attached hydrogens (tertiary/aromatic N) is 1. The quantitative estimate of drug-likeness (QED) is 0.0211. The molecule has 0 aliphatic carbocycles. The first-order chi connectivity index (χ1) is 43.6. The summed E-state index contributed by atoms with van der Waals surface area (Å²) in [6.45, 7) is 4.55. The Balaban J connectivity index is 4.36. The van der Waals surface area contributed by atoms with Crippen LogP contribution in [-0.2, 0) is 33.3 Å². The molecule has 0 amide bonds. The molecule has 0 rings (SSSR count). The molecule has 0 saturated heterocycles. The van der Waals surface area contributed by atoms with Crippen LogP contribution in [0.3, 0.4) is 0 Å². The lowest BCUT2D eigenvalue weighted by Crippen LogP contribution is -2.40. The van der Waals surface area contributed by atoms with Gasteiger partial charge in [-0.2, -0.15) is 0 Å². The maximum atomic E-state index is 12.9. The average molecular weight is 1230 g/mol. The van der Waals surface area contributed by atoms with E-state index in [1.54, 1.807) is 0 Å². The molecule has 0 aromatic rings. The minimum absolute atomic E-state index is 0.164. The number of hydrogen-bond acceptors (Lipinski definition) is 7. The maximum Gasteiger partial charge on any atom is 0.361 e. The van der Waals surface area contributed by atoms with Crippen LogP contribution < -0.4 is 0 Å². The van der Waals surface area contributed by atoms with Gasteiger partial charge in [-0.3, -0.25) is 9.59 Å². The zero-order valence-corrected chi connectivity index (χ0v) is 56.2. The summed E-state index contributed by atoms with van der Waals surface area (Å²) in [5.41, 5.74) is 0. The average Bonchev–Trinajstić information content (AvgIpc) is 3.64. The molecule has 0 spiro atoms. The highest BCUT2D eigenvalue weighted by atomic mass is 16.7. The zero-order valence-electron chi connectivity index (χ0n) is 56.2. The number of aliphatic carboxylic acids is 1. The highest BCUT2D eigenvalue weighted by molar-refractivity contribution is 5.71. The molecule has 494 valence electrons. The molecular weight excluding hydrogens is 1100 g/mol. The fourth-order valence-corrected chi connectivity index (χ4v) is 8.11. The molecule has 0 fully saturated rings. The topological polar surface area (TPSA) is 108 Å². The van der Waals surface area contributed by atoms with Crippen molar-refractivity contribution in [3.63, 3.8) is 0 Å². The summed E-state index contributed by atoms with van der Waals surface area (Å²) in [7, 11) is 5.94. The van der Waals surface area contributed by atoms with Crippen LogP contribution in [0.25, 0.3) is 0 Å². The molecule has 9 heteroatoms.